The van der Waals surface area contributed by atoms with Crippen molar-refractivity contribution >= 4 is 11.7 Å². The maximum absolute atomic E-state index is 7.30. The number of amidine groups is 1. The van der Waals surface area contributed by atoms with Crippen LogP contribution in [0.3, 0.4) is 0 Å². The van der Waals surface area contributed by atoms with Crippen molar-refractivity contribution in [2.75, 3.05) is 18.0 Å². The average molecular weight is 218 g/mol. The molecule has 1 aliphatic heterocycles. The van der Waals surface area contributed by atoms with Gasteiger partial charge >= 0.3 is 0 Å². The Bertz CT molecular complexity index is 371. The van der Waals surface area contributed by atoms with Crippen molar-refractivity contribution in [3.05, 3.63) is 23.9 Å². The lowest BCUT2D eigenvalue weighted by Gasteiger charge is -2.17. The number of nitrogens with two attached hydrogens (primary N) is 1. The van der Waals surface area contributed by atoms with Gasteiger partial charge in [0.05, 0.1) is 0 Å². The van der Waals surface area contributed by atoms with Crippen LogP contribution in [-0.2, 0) is 0 Å². The third-order valence-electron chi connectivity index (χ3n) is 3.25. The van der Waals surface area contributed by atoms with Crippen molar-refractivity contribution in [3.8, 4) is 0 Å². The first kappa shape index (κ1) is 10.9. The van der Waals surface area contributed by atoms with E-state index in [1.807, 2.05) is 12.1 Å². The molecule has 3 N–H and O–H groups in total. The van der Waals surface area contributed by atoms with Gasteiger partial charge in [0, 0.05) is 24.8 Å². The summed E-state index contributed by atoms with van der Waals surface area (Å²) in [4.78, 5) is 6.66. The predicted octanol–water partition coefficient (Wildman–Crippen LogP) is 1.60. The van der Waals surface area contributed by atoms with E-state index in [4.69, 9.17) is 11.1 Å². The van der Waals surface area contributed by atoms with Crippen LogP contribution < -0.4 is 10.6 Å². The quantitative estimate of drug-likeness (QED) is 0.598. The Hall–Kier alpha value is -1.58. The molecule has 1 fully saturated rings. The molecule has 1 unspecified atom stereocenters. The lowest BCUT2D eigenvalue weighted by Crippen LogP contribution is -2.21. The van der Waals surface area contributed by atoms with Crippen molar-refractivity contribution in [2.45, 2.75) is 19.8 Å². The van der Waals surface area contributed by atoms with E-state index < -0.39 is 0 Å². The van der Waals surface area contributed by atoms with Gasteiger partial charge in [0.2, 0.25) is 0 Å². The molecule has 0 saturated carbocycles. The zero-order valence-corrected chi connectivity index (χ0v) is 9.61. The van der Waals surface area contributed by atoms with Gasteiger partial charge in [0.1, 0.15) is 11.7 Å². The van der Waals surface area contributed by atoms with Crippen molar-refractivity contribution in [1.82, 2.24) is 4.98 Å². The fourth-order valence-electron chi connectivity index (χ4n) is 2.11. The molecule has 0 bridgehead atoms. The highest BCUT2D eigenvalue weighted by molar-refractivity contribution is 5.94. The van der Waals surface area contributed by atoms with Crippen LogP contribution in [0.4, 0.5) is 5.82 Å². The Balaban J connectivity index is 2.08. The fourth-order valence-corrected chi connectivity index (χ4v) is 2.11. The number of pyridine rings is 1. The number of hydrogen-bond acceptors (Lipinski definition) is 3. The third kappa shape index (κ3) is 2.15. The van der Waals surface area contributed by atoms with Crippen LogP contribution in [0.5, 0.6) is 0 Å². The van der Waals surface area contributed by atoms with Gasteiger partial charge in [-0.15, -0.1) is 0 Å². The summed E-state index contributed by atoms with van der Waals surface area (Å²) in [5.41, 5.74) is 6.08. The SMILES string of the molecule is CCC1CCN(c2ccc(C(=N)N)cn2)C1. The Labute approximate surface area is 96.0 Å². The maximum atomic E-state index is 7.30. The lowest BCUT2D eigenvalue weighted by atomic mass is 10.1. The normalized spacial score (nSPS) is 20.1. The standard InChI is InChI=1S/C12H18N4/c1-2-9-5-6-16(8-9)11-4-3-10(7-15-11)12(13)14/h3-4,7,9H,2,5-6,8H2,1H3,(H3,13,14). The molecule has 4 heteroatoms. The van der Waals surface area contributed by atoms with Crippen LogP contribution in [0.25, 0.3) is 0 Å². The second-order valence-corrected chi connectivity index (χ2v) is 4.33. The second kappa shape index (κ2) is 4.51. The first-order chi connectivity index (χ1) is 7.70. The van der Waals surface area contributed by atoms with Crippen molar-refractivity contribution < 1.29 is 0 Å². The number of rotatable bonds is 3. The van der Waals surface area contributed by atoms with Crippen molar-refractivity contribution in [1.29, 1.82) is 5.41 Å². The van der Waals surface area contributed by atoms with Crippen molar-refractivity contribution in [3.63, 3.8) is 0 Å². The van der Waals surface area contributed by atoms with E-state index in [-0.39, 0.29) is 5.84 Å². The van der Waals surface area contributed by atoms with Gasteiger partial charge in [0.25, 0.3) is 0 Å². The summed E-state index contributed by atoms with van der Waals surface area (Å²) in [7, 11) is 0. The predicted molar refractivity (Wildman–Crippen MR) is 65.9 cm³/mol. The average Bonchev–Trinajstić information content (AvgIpc) is 2.77. The molecule has 0 spiro atoms. The molecular formula is C12H18N4. The largest absolute Gasteiger partial charge is 0.384 e. The number of anilines is 1. The highest BCUT2D eigenvalue weighted by Crippen LogP contribution is 2.23. The van der Waals surface area contributed by atoms with E-state index in [1.54, 1.807) is 6.20 Å². The van der Waals surface area contributed by atoms with Crippen LogP contribution >= 0.6 is 0 Å². The Morgan fingerprint density at radius 3 is 2.94 bits per heavy atom. The second-order valence-electron chi connectivity index (χ2n) is 4.33. The minimum absolute atomic E-state index is 0.0758. The summed E-state index contributed by atoms with van der Waals surface area (Å²) < 4.78 is 0. The molecule has 86 valence electrons. The molecule has 1 aromatic heterocycles. The number of nitrogen functional groups attached to an aromatic ring is 1. The van der Waals surface area contributed by atoms with Gasteiger partial charge in [-0.2, -0.15) is 0 Å². The Morgan fingerprint density at radius 2 is 2.44 bits per heavy atom. The van der Waals surface area contributed by atoms with Gasteiger partial charge in [0.15, 0.2) is 0 Å². The molecule has 1 atom stereocenters. The molecule has 0 aliphatic carbocycles. The minimum Gasteiger partial charge on any atom is -0.384 e. The van der Waals surface area contributed by atoms with Crippen LogP contribution in [0.15, 0.2) is 18.3 Å². The number of nitrogens with one attached hydrogen (secondary N) is 1. The highest BCUT2D eigenvalue weighted by atomic mass is 15.2. The summed E-state index contributed by atoms with van der Waals surface area (Å²) in [6.45, 7) is 4.42. The summed E-state index contributed by atoms with van der Waals surface area (Å²) in [6, 6.07) is 3.82. The van der Waals surface area contributed by atoms with Crippen molar-refractivity contribution in [2.24, 2.45) is 11.7 Å². The van der Waals surface area contributed by atoms with E-state index in [2.05, 4.69) is 16.8 Å². The van der Waals surface area contributed by atoms with Crippen LogP contribution in [0.1, 0.15) is 25.3 Å². The van der Waals surface area contributed by atoms with E-state index in [0.717, 1.165) is 24.8 Å². The van der Waals surface area contributed by atoms with E-state index >= 15 is 0 Å². The summed E-state index contributed by atoms with van der Waals surface area (Å²) >= 11 is 0. The zero-order chi connectivity index (χ0) is 11.5. The molecule has 1 aromatic rings. The molecule has 0 amide bonds. The minimum atomic E-state index is 0.0758. The van der Waals surface area contributed by atoms with Gasteiger partial charge in [-0.3, -0.25) is 5.41 Å². The summed E-state index contributed by atoms with van der Waals surface area (Å²) in [5, 5.41) is 7.30. The molecule has 0 radical (unpaired) electrons. The molecule has 0 aromatic carbocycles. The number of nitrogens with zero attached hydrogens (tertiary/aromatic N) is 2. The van der Waals surface area contributed by atoms with Gasteiger partial charge < -0.3 is 10.6 Å². The van der Waals surface area contributed by atoms with Gasteiger partial charge in [-0.25, -0.2) is 4.98 Å². The first-order valence-electron chi connectivity index (χ1n) is 5.76. The zero-order valence-electron chi connectivity index (χ0n) is 9.61. The van der Waals surface area contributed by atoms with Gasteiger partial charge in [-0.1, -0.05) is 13.3 Å². The fraction of sp³-hybridized carbons (Fsp3) is 0.500. The molecule has 16 heavy (non-hydrogen) atoms. The number of hydrogen-bond donors (Lipinski definition) is 2. The molecule has 4 nitrogen and oxygen atoms in total. The van der Waals surface area contributed by atoms with Crippen LogP contribution in [0, 0.1) is 11.3 Å². The summed E-state index contributed by atoms with van der Waals surface area (Å²) in [5.74, 6) is 1.88. The maximum Gasteiger partial charge on any atom is 0.128 e. The molecule has 2 rings (SSSR count). The lowest BCUT2D eigenvalue weighted by molar-refractivity contribution is 0.569. The van der Waals surface area contributed by atoms with E-state index in [0.29, 0.717) is 5.56 Å². The van der Waals surface area contributed by atoms with Crippen LogP contribution in [0.2, 0.25) is 0 Å². The molecule has 2 heterocycles. The molecule has 1 aliphatic rings. The first-order valence-corrected chi connectivity index (χ1v) is 5.76. The van der Waals surface area contributed by atoms with E-state index in [9.17, 15) is 0 Å². The van der Waals surface area contributed by atoms with E-state index in [1.165, 1.54) is 12.8 Å². The number of aromatic nitrogens is 1. The summed E-state index contributed by atoms with van der Waals surface area (Å²) in [6.07, 6.45) is 4.17. The third-order valence-corrected chi connectivity index (χ3v) is 3.25. The Kier molecular flexibility index (Phi) is 3.08. The topological polar surface area (TPSA) is 66.0 Å². The molecule has 1 saturated heterocycles. The smallest absolute Gasteiger partial charge is 0.128 e. The van der Waals surface area contributed by atoms with Crippen LogP contribution in [-0.4, -0.2) is 23.9 Å². The molecular weight excluding hydrogens is 200 g/mol. The Morgan fingerprint density at radius 1 is 1.62 bits per heavy atom. The van der Waals surface area contributed by atoms with Gasteiger partial charge in [-0.05, 0) is 24.5 Å². The monoisotopic (exact) mass is 218 g/mol. The highest BCUT2D eigenvalue weighted by Gasteiger charge is 2.21.